The van der Waals surface area contributed by atoms with Crippen molar-refractivity contribution in [1.29, 1.82) is 0 Å². The molecule has 2 aliphatic heterocycles. The Hall–Kier alpha value is -4.28. The van der Waals surface area contributed by atoms with Gasteiger partial charge in [-0.3, -0.25) is 24.5 Å². The van der Waals surface area contributed by atoms with Gasteiger partial charge in [0.1, 0.15) is 6.04 Å². The third-order valence-electron chi connectivity index (χ3n) is 6.19. The van der Waals surface area contributed by atoms with Crippen molar-refractivity contribution in [3.8, 4) is 0 Å². The van der Waals surface area contributed by atoms with Crippen LogP contribution >= 0.6 is 0 Å². The molecule has 1 fully saturated rings. The van der Waals surface area contributed by atoms with Gasteiger partial charge in [0.25, 0.3) is 5.69 Å². The molecular formula is C24H25N5O6. The van der Waals surface area contributed by atoms with Crippen LogP contribution in [-0.4, -0.2) is 51.4 Å². The molecule has 4 rings (SSSR count). The molecule has 11 nitrogen and oxygen atoms in total. The molecule has 2 aliphatic rings. The van der Waals surface area contributed by atoms with E-state index in [0.29, 0.717) is 29.8 Å². The molecule has 2 aromatic rings. The van der Waals surface area contributed by atoms with E-state index in [9.17, 15) is 24.5 Å². The maximum atomic E-state index is 13.1. The Labute approximate surface area is 201 Å². The van der Waals surface area contributed by atoms with E-state index < -0.39 is 22.5 Å². The Kier molecular flexibility index (Phi) is 6.50. The maximum Gasteiger partial charge on any atom is 0.269 e. The minimum atomic E-state index is -0.886. The topological polar surface area (TPSA) is 157 Å². The van der Waals surface area contributed by atoms with E-state index in [2.05, 4.69) is 10.5 Å². The van der Waals surface area contributed by atoms with Gasteiger partial charge in [0.05, 0.1) is 23.6 Å². The summed E-state index contributed by atoms with van der Waals surface area (Å²) in [5.74, 6) is -1.08. The number of hydrogen-bond donors (Lipinski definition) is 2. The van der Waals surface area contributed by atoms with Crippen molar-refractivity contribution in [3.63, 3.8) is 0 Å². The molecule has 3 amide bonds. The molecule has 3 N–H and O–H groups in total. The van der Waals surface area contributed by atoms with Crippen LogP contribution in [0, 0.1) is 10.1 Å². The summed E-state index contributed by atoms with van der Waals surface area (Å²) in [7, 11) is 0. The lowest BCUT2D eigenvalue weighted by atomic mass is 9.91. The molecule has 0 aliphatic carbocycles. The molecule has 35 heavy (non-hydrogen) atoms. The lowest BCUT2D eigenvalue weighted by Crippen LogP contribution is -2.44. The summed E-state index contributed by atoms with van der Waals surface area (Å²) in [5, 5.41) is 17.9. The number of nitrogens with one attached hydrogen (secondary N) is 1. The molecule has 2 aromatic carbocycles. The van der Waals surface area contributed by atoms with Crippen LogP contribution in [-0.2, 0) is 25.6 Å². The van der Waals surface area contributed by atoms with Gasteiger partial charge in [0, 0.05) is 42.6 Å². The van der Waals surface area contributed by atoms with Crippen molar-refractivity contribution in [2.24, 2.45) is 10.9 Å². The van der Waals surface area contributed by atoms with Crippen LogP contribution < -0.4 is 11.1 Å². The zero-order valence-corrected chi connectivity index (χ0v) is 19.1. The summed E-state index contributed by atoms with van der Waals surface area (Å²) in [6.45, 7) is 1.90. The first-order chi connectivity index (χ1) is 16.7. The van der Waals surface area contributed by atoms with Crippen molar-refractivity contribution in [1.82, 2.24) is 4.90 Å². The highest BCUT2D eigenvalue weighted by atomic mass is 16.7. The molecule has 0 radical (unpaired) electrons. The smallest absolute Gasteiger partial charge is 0.269 e. The number of likely N-dealkylation sites (tertiary alicyclic amines) is 1. The van der Waals surface area contributed by atoms with Gasteiger partial charge in [0.15, 0.2) is 5.60 Å². The van der Waals surface area contributed by atoms with Gasteiger partial charge in [-0.25, -0.2) is 0 Å². The van der Waals surface area contributed by atoms with Gasteiger partial charge in [-0.15, -0.1) is 0 Å². The summed E-state index contributed by atoms with van der Waals surface area (Å²) >= 11 is 0. The number of rotatable bonds is 7. The third kappa shape index (κ3) is 5.13. The predicted octanol–water partition coefficient (Wildman–Crippen LogP) is 2.14. The van der Waals surface area contributed by atoms with E-state index in [0.717, 1.165) is 5.56 Å². The number of benzene rings is 2. The summed E-state index contributed by atoms with van der Waals surface area (Å²) in [6.07, 6.45) is 0.886. The zero-order valence-electron chi connectivity index (χ0n) is 19.1. The van der Waals surface area contributed by atoms with E-state index >= 15 is 0 Å². The van der Waals surface area contributed by atoms with E-state index in [1.165, 1.54) is 29.2 Å². The van der Waals surface area contributed by atoms with E-state index in [4.69, 9.17) is 10.6 Å². The van der Waals surface area contributed by atoms with Crippen LogP contribution in [0.2, 0.25) is 0 Å². The van der Waals surface area contributed by atoms with Gasteiger partial charge in [-0.05, 0) is 17.7 Å². The minimum absolute atomic E-state index is 0.0370. The average Bonchev–Trinajstić information content (AvgIpc) is 3.43. The number of carbonyl (C=O) groups excluding carboxylic acids is 3. The number of oxime groups is 1. The van der Waals surface area contributed by atoms with Crippen LogP contribution in [0.5, 0.6) is 0 Å². The van der Waals surface area contributed by atoms with Crippen LogP contribution in [0.1, 0.15) is 37.3 Å². The fourth-order valence-corrected chi connectivity index (χ4v) is 4.37. The molecule has 0 aromatic heterocycles. The normalized spacial score (nSPS) is 20.9. The number of nitrogens with two attached hydrogens (primary N) is 1. The molecule has 1 spiro atoms. The predicted molar refractivity (Wildman–Crippen MR) is 126 cm³/mol. The SMILES string of the molecule is CCC(=O)Nc1cccc(C2=NOC3(C2)C[C@H](C(N)=O)N(C(=O)Cc2ccc([N+](=O)[O-])cc2)C3)c1. The lowest BCUT2D eigenvalue weighted by molar-refractivity contribution is -0.384. The highest BCUT2D eigenvalue weighted by Crippen LogP contribution is 2.39. The van der Waals surface area contributed by atoms with Crippen LogP contribution in [0.25, 0.3) is 0 Å². The standard InChI is InChI=1S/C24H25N5O6/c1-2-21(30)26-17-5-3-4-16(11-17)19-12-24(35-27-19)13-20(23(25)32)28(14-24)22(31)10-15-6-8-18(9-7-15)29(33)34/h3-9,11,20H,2,10,12-14H2,1H3,(H2,25,32)(H,26,30)/t20-,24?/m1/s1. The second-order valence-electron chi connectivity index (χ2n) is 8.72. The van der Waals surface area contributed by atoms with Crippen molar-refractivity contribution < 1.29 is 24.1 Å². The number of nitro benzene ring substituents is 1. The fourth-order valence-electron chi connectivity index (χ4n) is 4.37. The molecule has 0 bridgehead atoms. The first-order valence-corrected chi connectivity index (χ1v) is 11.2. The van der Waals surface area contributed by atoms with Crippen molar-refractivity contribution >= 4 is 34.8 Å². The lowest BCUT2D eigenvalue weighted by Gasteiger charge is -2.23. The molecule has 11 heteroatoms. The number of nitrogens with zero attached hydrogens (tertiary/aromatic N) is 3. The molecule has 2 heterocycles. The number of hydrogen-bond acceptors (Lipinski definition) is 7. The second-order valence-corrected chi connectivity index (χ2v) is 8.72. The van der Waals surface area contributed by atoms with E-state index in [-0.39, 0.29) is 36.9 Å². The molecule has 0 saturated carbocycles. The first-order valence-electron chi connectivity index (χ1n) is 11.2. The van der Waals surface area contributed by atoms with Crippen LogP contribution in [0.4, 0.5) is 11.4 Å². The number of primary amides is 1. The number of nitro groups is 1. The minimum Gasteiger partial charge on any atom is -0.387 e. The number of carbonyl (C=O) groups is 3. The van der Waals surface area contributed by atoms with Crippen molar-refractivity contribution in [2.75, 3.05) is 11.9 Å². The molecule has 1 saturated heterocycles. The Bertz CT molecular complexity index is 1210. The summed E-state index contributed by atoms with van der Waals surface area (Å²) < 4.78 is 0. The molecular weight excluding hydrogens is 454 g/mol. The largest absolute Gasteiger partial charge is 0.387 e. The van der Waals surface area contributed by atoms with Gasteiger partial charge in [0.2, 0.25) is 17.7 Å². The van der Waals surface area contributed by atoms with E-state index in [1.54, 1.807) is 25.1 Å². The van der Waals surface area contributed by atoms with Crippen molar-refractivity contribution in [3.05, 3.63) is 69.8 Å². The average molecular weight is 479 g/mol. The Morgan fingerprint density at radius 1 is 1.26 bits per heavy atom. The highest BCUT2D eigenvalue weighted by molar-refractivity contribution is 6.03. The van der Waals surface area contributed by atoms with Gasteiger partial charge >= 0.3 is 0 Å². The quantitative estimate of drug-likeness (QED) is 0.457. The van der Waals surface area contributed by atoms with Gasteiger partial charge in [-0.1, -0.05) is 36.3 Å². The van der Waals surface area contributed by atoms with Gasteiger partial charge in [-0.2, -0.15) is 0 Å². The van der Waals surface area contributed by atoms with Crippen molar-refractivity contribution in [2.45, 2.75) is 44.2 Å². The first kappa shape index (κ1) is 23.9. The third-order valence-corrected chi connectivity index (χ3v) is 6.19. The van der Waals surface area contributed by atoms with Crippen LogP contribution in [0.15, 0.2) is 53.7 Å². The Balaban J connectivity index is 1.47. The van der Waals surface area contributed by atoms with Crippen LogP contribution in [0.3, 0.4) is 0 Å². The monoisotopic (exact) mass is 479 g/mol. The Morgan fingerprint density at radius 2 is 2.00 bits per heavy atom. The Morgan fingerprint density at radius 3 is 2.66 bits per heavy atom. The molecule has 182 valence electrons. The number of anilines is 1. The van der Waals surface area contributed by atoms with Gasteiger partial charge < -0.3 is 20.8 Å². The number of non-ortho nitro benzene ring substituents is 1. The fraction of sp³-hybridized carbons (Fsp3) is 0.333. The maximum absolute atomic E-state index is 13.1. The second kappa shape index (κ2) is 9.53. The number of amides is 3. The van der Waals surface area contributed by atoms with E-state index in [1.807, 2.05) is 6.07 Å². The highest BCUT2D eigenvalue weighted by Gasteiger charge is 2.53. The zero-order chi connectivity index (χ0) is 25.2. The molecule has 1 unspecified atom stereocenters. The summed E-state index contributed by atoms with van der Waals surface area (Å²) in [5.41, 5.74) is 7.28. The summed E-state index contributed by atoms with van der Waals surface area (Å²) in [6, 6.07) is 12.1. The summed E-state index contributed by atoms with van der Waals surface area (Å²) in [4.78, 5) is 54.5. The molecule has 2 atom stereocenters.